The van der Waals surface area contributed by atoms with E-state index in [2.05, 4.69) is 16.6 Å². The summed E-state index contributed by atoms with van der Waals surface area (Å²) in [7, 11) is 0. The van der Waals surface area contributed by atoms with Gasteiger partial charge in [0, 0.05) is 25.2 Å². The number of rotatable bonds is 7. The van der Waals surface area contributed by atoms with Gasteiger partial charge in [0.25, 0.3) is 6.01 Å². The third kappa shape index (κ3) is 6.45. The molecule has 1 amide bonds. The van der Waals surface area contributed by atoms with Crippen LogP contribution in [-0.4, -0.2) is 59.3 Å². The van der Waals surface area contributed by atoms with Crippen LogP contribution in [-0.2, 0) is 4.74 Å². The number of hydrogen-bond donors (Lipinski definition) is 1. The molecule has 29 heavy (non-hydrogen) atoms. The van der Waals surface area contributed by atoms with Gasteiger partial charge in [0.05, 0.1) is 6.61 Å². The lowest BCUT2D eigenvalue weighted by atomic mass is 10.1. The summed E-state index contributed by atoms with van der Waals surface area (Å²) in [6.07, 6.45) is 4.51. The molecule has 1 N–H and O–H groups in total. The zero-order chi connectivity index (χ0) is 20.9. The van der Waals surface area contributed by atoms with Gasteiger partial charge in [-0.1, -0.05) is 0 Å². The van der Waals surface area contributed by atoms with Crippen molar-refractivity contribution in [1.29, 1.82) is 0 Å². The monoisotopic (exact) mass is 421 g/mol. The molecule has 1 saturated heterocycles. The Balaban J connectivity index is 1.51. The Labute approximate surface area is 176 Å². The number of carbonyl (C=O) groups is 1. The van der Waals surface area contributed by atoms with E-state index < -0.39 is 5.60 Å². The number of carbonyl (C=O) groups excluding carboxylic acids is 1. The predicted octanol–water partition coefficient (Wildman–Crippen LogP) is 4.77. The minimum atomic E-state index is -0.470. The number of benzene rings is 1. The Bertz CT molecular complexity index is 810. The Hall–Kier alpha value is -2.09. The summed E-state index contributed by atoms with van der Waals surface area (Å²) in [4.78, 5) is 18.5. The predicted molar refractivity (Wildman–Crippen MR) is 117 cm³/mol. The lowest BCUT2D eigenvalue weighted by Crippen LogP contribution is -2.44. The van der Waals surface area contributed by atoms with Gasteiger partial charge in [-0.2, -0.15) is 16.7 Å². The summed E-state index contributed by atoms with van der Waals surface area (Å²) in [5, 5.41) is 3.36. The molecule has 3 rings (SSSR count). The zero-order valence-corrected chi connectivity index (χ0v) is 18.5. The summed E-state index contributed by atoms with van der Waals surface area (Å²) >= 11 is 1.82. The van der Waals surface area contributed by atoms with Crippen LogP contribution >= 0.6 is 11.8 Å². The van der Waals surface area contributed by atoms with Crippen LogP contribution < -0.4 is 10.1 Å². The minimum absolute atomic E-state index is 0.212. The fraction of sp³-hybridized carbons (Fsp3) is 0.619. The fourth-order valence-electron chi connectivity index (χ4n) is 3.16. The number of likely N-dealkylation sites (tertiary alicyclic amines) is 1. The van der Waals surface area contributed by atoms with Crippen LogP contribution in [0, 0.1) is 0 Å². The highest BCUT2D eigenvalue weighted by Gasteiger charge is 2.27. The number of anilines is 1. The highest BCUT2D eigenvalue weighted by Crippen LogP contribution is 2.25. The number of nitrogens with zero attached hydrogens (tertiary/aromatic N) is 2. The first kappa shape index (κ1) is 21.6. The second kappa shape index (κ2) is 9.61. The molecule has 0 saturated carbocycles. The molecule has 1 aromatic heterocycles. The van der Waals surface area contributed by atoms with Crippen LogP contribution in [0.5, 0.6) is 5.75 Å². The molecule has 0 radical (unpaired) electrons. The average Bonchev–Trinajstić information content (AvgIpc) is 3.06. The van der Waals surface area contributed by atoms with Crippen LogP contribution in [0.3, 0.4) is 0 Å². The summed E-state index contributed by atoms with van der Waals surface area (Å²) < 4.78 is 17.0. The number of thioether (sulfide) groups is 1. The van der Waals surface area contributed by atoms with Crippen molar-refractivity contribution in [3.8, 4) is 5.75 Å². The summed E-state index contributed by atoms with van der Waals surface area (Å²) in [6, 6.07) is 6.44. The van der Waals surface area contributed by atoms with E-state index in [1.165, 1.54) is 0 Å². The molecule has 160 valence electrons. The first-order valence-electron chi connectivity index (χ1n) is 10.1. The number of piperidine rings is 1. The molecule has 8 heteroatoms. The van der Waals surface area contributed by atoms with Gasteiger partial charge in [-0.05, 0) is 64.2 Å². The van der Waals surface area contributed by atoms with Crippen LogP contribution in [0.25, 0.3) is 11.1 Å². The SMILES string of the molecule is CSCCCOc1ccc2oc(NC3CCN(C(=O)OC(C)(C)C)CC3)nc2c1. The molecule has 0 atom stereocenters. The van der Waals surface area contributed by atoms with Gasteiger partial charge in [-0.25, -0.2) is 4.79 Å². The molecule has 0 spiro atoms. The second-order valence-corrected chi connectivity index (χ2v) is 9.21. The van der Waals surface area contributed by atoms with Crippen molar-refractivity contribution in [1.82, 2.24) is 9.88 Å². The van der Waals surface area contributed by atoms with Crippen LogP contribution in [0.1, 0.15) is 40.0 Å². The number of fused-ring (bicyclic) bond motifs is 1. The van der Waals surface area contributed by atoms with E-state index in [1.54, 1.807) is 4.90 Å². The highest BCUT2D eigenvalue weighted by molar-refractivity contribution is 7.98. The molecule has 2 aromatic rings. The molecule has 2 heterocycles. The average molecular weight is 422 g/mol. The largest absolute Gasteiger partial charge is 0.493 e. The fourth-order valence-corrected chi connectivity index (χ4v) is 3.57. The maximum atomic E-state index is 12.2. The number of amides is 1. The summed E-state index contributed by atoms with van der Waals surface area (Å²) in [5.74, 6) is 1.90. The number of hydrogen-bond acceptors (Lipinski definition) is 7. The molecular formula is C21H31N3O4S. The molecular weight excluding hydrogens is 390 g/mol. The molecule has 7 nitrogen and oxygen atoms in total. The molecule has 1 aliphatic heterocycles. The topological polar surface area (TPSA) is 76.8 Å². The maximum Gasteiger partial charge on any atom is 0.410 e. The van der Waals surface area contributed by atoms with E-state index in [4.69, 9.17) is 13.9 Å². The van der Waals surface area contributed by atoms with Gasteiger partial charge in [0.2, 0.25) is 0 Å². The molecule has 0 aliphatic carbocycles. The molecule has 0 bridgehead atoms. The quantitative estimate of drug-likeness (QED) is 0.645. The number of nitrogens with one attached hydrogen (secondary N) is 1. The van der Waals surface area contributed by atoms with Crippen molar-refractivity contribution in [3.05, 3.63) is 18.2 Å². The lowest BCUT2D eigenvalue weighted by molar-refractivity contribution is 0.0210. The standard InChI is InChI=1S/C21H31N3O4S/c1-21(2,3)28-20(25)24-10-8-15(9-11-24)22-19-23-17-14-16(6-7-18(17)27-19)26-12-5-13-29-4/h6-7,14-15H,5,8-13H2,1-4H3,(H,22,23). The van der Waals surface area contributed by atoms with E-state index in [-0.39, 0.29) is 12.1 Å². The molecule has 1 aliphatic rings. The van der Waals surface area contributed by atoms with Crippen molar-refractivity contribution in [2.45, 2.75) is 51.7 Å². The first-order valence-corrected chi connectivity index (χ1v) is 11.5. The van der Waals surface area contributed by atoms with Crippen molar-refractivity contribution in [2.75, 3.05) is 37.0 Å². The minimum Gasteiger partial charge on any atom is -0.493 e. The van der Waals surface area contributed by atoms with Crippen LogP contribution in [0.15, 0.2) is 22.6 Å². The Morgan fingerprint density at radius 1 is 1.34 bits per heavy atom. The Morgan fingerprint density at radius 3 is 2.79 bits per heavy atom. The van der Waals surface area contributed by atoms with Crippen molar-refractivity contribution >= 4 is 35.0 Å². The number of oxazole rings is 1. The third-order valence-corrected chi connectivity index (χ3v) is 5.29. The van der Waals surface area contributed by atoms with E-state index in [0.717, 1.165) is 41.9 Å². The first-order chi connectivity index (χ1) is 13.8. The van der Waals surface area contributed by atoms with Crippen LogP contribution in [0.4, 0.5) is 10.8 Å². The Morgan fingerprint density at radius 2 is 2.10 bits per heavy atom. The Kier molecular flexibility index (Phi) is 7.16. The van der Waals surface area contributed by atoms with Crippen molar-refractivity contribution < 1.29 is 18.7 Å². The smallest absolute Gasteiger partial charge is 0.410 e. The van der Waals surface area contributed by atoms with Gasteiger partial charge >= 0.3 is 6.09 Å². The van der Waals surface area contributed by atoms with Gasteiger partial charge < -0.3 is 24.1 Å². The van der Waals surface area contributed by atoms with Crippen molar-refractivity contribution in [2.24, 2.45) is 0 Å². The molecule has 1 fully saturated rings. The van der Waals surface area contributed by atoms with Gasteiger partial charge in [0.1, 0.15) is 16.9 Å². The van der Waals surface area contributed by atoms with E-state index in [1.807, 2.05) is 50.7 Å². The lowest BCUT2D eigenvalue weighted by Gasteiger charge is -2.33. The number of ether oxygens (including phenoxy) is 2. The summed E-state index contributed by atoms with van der Waals surface area (Å²) in [6.45, 7) is 7.65. The van der Waals surface area contributed by atoms with Crippen LogP contribution in [0.2, 0.25) is 0 Å². The van der Waals surface area contributed by atoms with E-state index >= 15 is 0 Å². The molecule has 1 aromatic carbocycles. The summed E-state index contributed by atoms with van der Waals surface area (Å²) in [5.41, 5.74) is 1.04. The van der Waals surface area contributed by atoms with Gasteiger partial charge in [-0.15, -0.1) is 0 Å². The second-order valence-electron chi connectivity index (χ2n) is 8.23. The maximum absolute atomic E-state index is 12.2. The van der Waals surface area contributed by atoms with Gasteiger partial charge in [-0.3, -0.25) is 0 Å². The zero-order valence-electron chi connectivity index (χ0n) is 17.7. The number of aromatic nitrogens is 1. The van der Waals surface area contributed by atoms with E-state index in [0.29, 0.717) is 25.7 Å². The third-order valence-electron chi connectivity index (χ3n) is 4.59. The highest BCUT2D eigenvalue weighted by atomic mass is 32.2. The normalized spacial score (nSPS) is 15.5. The molecule has 0 unspecified atom stereocenters. The van der Waals surface area contributed by atoms with Crippen molar-refractivity contribution in [3.63, 3.8) is 0 Å². The van der Waals surface area contributed by atoms with Gasteiger partial charge in [0.15, 0.2) is 5.58 Å². The van der Waals surface area contributed by atoms with E-state index in [9.17, 15) is 4.79 Å².